The molecule has 1 saturated heterocycles. The lowest BCUT2D eigenvalue weighted by atomic mass is 9.96. The summed E-state index contributed by atoms with van der Waals surface area (Å²) in [6.07, 6.45) is 2.27. The zero-order valence-electron chi connectivity index (χ0n) is 13.6. The van der Waals surface area contributed by atoms with E-state index in [0.29, 0.717) is 44.0 Å². The van der Waals surface area contributed by atoms with Crippen LogP contribution in [0.15, 0.2) is 24.3 Å². The second-order valence-corrected chi connectivity index (χ2v) is 6.05. The monoisotopic (exact) mass is 331 g/mol. The third kappa shape index (κ3) is 5.34. The molecule has 1 aromatic carbocycles. The van der Waals surface area contributed by atoms with Gasteiger partial charge in [-0.1, -0.05) is 18.2 Å². The van der Waals surface area contributed by atoms with E-state index in [-0.39, 0.29) is 24.1 Å². The van der Waals surface area contributed by atoms with Gasteiger partial charge in [0, 0.05) is 26.1 Å². The summed E-state index contributed by atoms with van der Waals surface area (Å²) in [6.45, 7) is 1.88. The van der Waals surface area contributed by atoms with Crippen molar-refractivity contribution < 1.29 is 14.0 Å². The molecule has 5 nitrogen and oxygen atoms in total. The summed E-state index contributed by atoms with van der Waals surface area (Å²) in [5, 5.41) is 11.2. The Morgan fingerprint density at radius 2 is 2.00 bits per heavy atom. The predicted octanol–water partition coefficient (Wildman–Crippen LogP) is 2.03. The molecule has 0 bridgehead atoms. The van der Waals surface area contributed by atoms with Crippen LogP contribution in [0.4, 0.5) is 4.39 Å². The fourth-order valence-corrected chi connectivity index (χ4v) is 2.88. The molecular formula is C18H22FN3O2. The highest BCUT2D eigenvalue weighted by atomic mass is 19.1. The average molecular weight is 331 g/mol. The number of halogens is 1. The first-order valence-electron chi connectivity index (χ1n) is 8.25. The van der Waals surface area contributed by atoms with Crippen molar-refractivity contribution in [2.24, 2.45) is 5.92 Å². The number of rotatable bonds is 6. The lowest BCUT2D eigenvalue weighted by molar-refractivity contribution is -0.132. The molecule has 1 aliphatic rings. The van der Waals surface area contributed by atoms with Gasteiger partial charge in [-0.05, 0) is 36.8 Å². The summed E-state index contributed by atoms with van der Waals surface area (Å²) in [5.74, 6) is -0.133. The molecule has 1 aliphatic heterocycles. The molecule has 128 valence electrons. The zero-order chi connectivity index (χ0) is 17.4. The fraction of sp³-hybridized carbons (Fsp3) is 0.500. The smallest absolute Gasteiger partial charge is 0.234 e. The van der Waals surface area contributed by atoms with Gasteiger partial charge in [-0.15, -0.1) is 0 Å². The number of likely N-dealkylation sites (tertiary alicyclic amines) is 1. The van der Waals surface area contributed by atoms with Crippen molar-refractivity contribution in [1.82, 2.24) is 10.2 Å². The summed E-state index contributed by atoms with van der Waals surface area (Å²) in [7, 11) is 0. The maximum Gasteiger partial charge on any atom is 0.234 e. The topological polar surface area (TPSA) is 73.2 Å². The van der Waals surface area contributed by atoms with Gasteiger partial charge in [-0.3, -0.25) is 9.59 Å². The van der Waals surface area contributed by atoms with Gasteiger partial charge in [-0.25, -0.2) is 4.39 Å². The highest BCUT2D eigenvalue weighted by Crippen LogP contribution is 2.18. The second-order valence-electron chi connectivity index (χ2n) is 6.05. The maximum atomic E-state index is 13.6. The molecule has 6 heteroatoms. The molecule has 0 spiro atoms. The molecule has 0 atom stereocenters. The highest BCUT2D eigenvalue weighted by molar-refractivity contribution is 5.78. The molecule has 0 saturated carbocycles. The van der Waals surface area contributed by atoms with E-state index in [1.54, 1.807) is 18.2 Å². The van der Waals surface area contributed by atoms with Crippen LogP contribution in [0.3, 0.4) is 0 Å². The van der Waals surface area contributed by atoms with Gasteiger partial charge in [0.25, 0.3) is 0 Å². The quantitative estimate of drug-likeness (QED) is 0.867. The first kappa shape index (κ1) is 17.9. The van der Waals surface area contributed by atoms with Gasteiger partial charge in [0.15, 0.2) is 0 Å². The van der Waals surface area contributed by atoms with E-state index in [1.807, 2.05) is 11.0 Å². The normalized spacial score (nSPS) is 14.9. The fourth-order valence-electron chi connectivity index (χ4n) is 2.88. The summed E-state index contributed by atoms with van der Waals surface area (Å²) in [6, 6.07) is 8.35. The van der Waals surface area contributed by atoms with E-state index in [2.05, 4.69) is 5.32 Å². The van der Waals surface area contributed by atoms with Gasteiger partial charge < -0.3 is 10.2 Å². The van der Waals surface area contributed by atoms with Gasteiger partial charge in [-0.2, -0.15) is 5.26 Å². The Morgan fingerprint density at radius 1 is 1.29 bits per heavy atom. The standard InChI is InChI=1S/C18H22FN3O2/c19-16-4-2-1-3-15(16)5-6-18(24)22-11-8-14(9-12-22)13-21-17(23)7-10-20/h1-4,14H,5-9,11-13H2,(H,21,23). The first-order valence-corrected chi connectivity index (χ1v) is 8.25. The summed E-state index contributed by atoms with van der Waals surface area (Å²) < 4.78 is 13.6. The van der Waals surface area contributed by atoms with Crippen LogP contribution >= 0.6 is 0 Å². The third-order valence-corrected chi connectivity index (χ3v) is 4.36. The number of hydrogen-bond donors (Lipinski definition) is 1. The van der Waals surface area contributed by atoms with Crippen LogP contribution in [0.25, 0.3) is 0 Å². The molecule has 24 heavy (non-hydrogen) atoms. The predicted molar refractivity (Wildman–Crippen MR) is 87.3 cm³/mol. The number of nitriles is 1. The number of amides is 2. The number of carbonyl (C=O) groups is 2. The van der Waals surface area contributed by atoms with Crippen molar-refractivity contribution >= 4 is 11.8 Å². The van der Waals surface area contributed by atoms with E-state index in [9.17, 15) is 14.0 Å². The van der Waals surface area contributed by atoms with Gasteiger partial charge in [0.1, 0.15) is 12.2 Å². The van der Waals surface area contributed by atoms with E-state index in [1.165, 1.54) is 6.07 Å². The lowest BCUT2D eigenvalue weighted by Crippen LogP contribution is -2.41. The van der Waals surface area contributed by atoms with Crippen LogP contribution < -0.4 is 5.32 Å². The number of nitrogens with one attached hydrogen (secondary N) is 1. The Bertz CT molecular complexity index is 619. The van der Waals surface area contributed by atoms with Crippen molar-refractivity contribution in [3.05, 3.63) is 35.6 Å². The molecule has 0 radical (unpaired) electrons. The van der Waals surface area contributed by atoms with Crippen molar-refractivity contribution in [1.29, 1.82) is 5.26 Å². The Balaban J connectivity index is 1.70. The second kappa shape index (κ2) is 9.02. The third-order valence-electron chi connectivity index (χ3n) is 4.36. The summed E-state index contributed by atoms with van der Waals surface area (Å²) >= 11 is 0. The molecule has 1 fully saturated rings. The zero-order valence-corrected chi connectivity index (χ0v) is 13.6. The SMILES string of the molecule is N#CCC(=O)NCC1CCN(C(=O)CCc2ccccc2F)CC1. The molecule has 0 aromatic heterocycles. The molecule has 2 rings (SSSR count). The number of benzene rings is 1. The molecule has 1 N–H and O–H groups in total. The molecule has 0 unspecified atom stereocenters. The minimum atomic E-state index is -0.267. The average Bonchev–Trinajstić information content (AvgIpc) is 2.60. The van der Waals surface area contributed by atoms with E-state index >= 15 is 0 Å². The molecule has 2 amide bonds. The van der Waals surface area contributed by atoms with Gasteiger partial charge >= 0.3 is 0 Å². The number of aryl methyl sites for hydroxylation is 1. The summed E-state index contributed by atoms with van der Waals surface area (Å²) in [4.78, 5) is 25.3. The van der Waals surface area contributed by atoms with E-state index < -0.39 is 0 Å². The van der Waals surface area contributed by atoms with Crippen LogP contribution in [-0.4, -0.2) is 36.3 Å². The molecule has 0 aliphatic carbocycles. The minimum absolute atomic E-state index is 0.0465. The van der Waals surface area contributed by atoms with Crippen LogP contribution in [0.5, 0.6) is 0 Å². The van der Waals surface area contributed by atoms with Crippen molar-refractivity contribution in [3.63, 3.8) is 0 Å². The van der Waals surface area contributed by atoms with Crippen LogP contribution in [0.1, 0.15) is 31.2 Å². The van der Waals surface area contributed by atoms with Crippen LogP contribution in [0, 0.1) is 23.1 Å². The first-order chi connectivity index (χ1) is 11.6. The highest BCUT2D eigenvalue weighted by Gasteiger charge is 2.23. The number of carbonyl (C=O) groups excluding carboxylic acids is 2. The Morgan fingerprint density at radius 3 is 2.67 bits per heavy atom. The maximum absolute atomic E-state index is 13.6. The Hall–Kier alpha value is -2.42. The Kier molecular flexibility index (Phi) is 6.74. The molecule has 1 heterocycles. The Labute approximate surface area is 141 Å². The van der Waals surface area contributed by atoms with E-state index in [4.69, 9.17) is 5.26 Å². The number of nitrogens with zero attached hydrogens (tertiary/aromatic N) is 2. The van der Waals surface area contributed by atoms with Crippen LogP contribution in [0.2, 0.25) is 0 Å². The van der Waals surface area contributed by atoms with E-state index in [0.717, 1.165) is 12.8 Å². The largest absolute Gasteiger partial charge is 0.355 e. The molecule has 1 aromatic rings. The van der Waals surface area contributed by atoms with Crippen molar-refractivity contribution in [2.75, 3.05) is 19.6 Å². The van der Waals surface area contributed by atoms with Gasteiger partial charge in [0.2, 0.25) is 11.8 Å². The number of hydrogen-bond acceptors (Lipinski definition) is 3. The number of piperidine rings is 1. The van der Waals surface area contributed by atoms with Crippen molar-refractivity contribution in [2.45, 2.75) is 32.1 Å². The minimum Gasteiger partial charge on any atom is -0.355 e. The van der Waals surface area contributed by atoms with Crippen LogP contribution in [-0.2, 0) is 16.0 Å². The summed E-state index contributed by atoms with van der Waals surface area (Å²) in [5.41, 5.74) is 0.570. The molecular weight excluding hydrogens is 309 g/mol. The van der Waals surface area contributed by atoms with Crippen molar-refractivity contribution in [3.8, 4) is 6.07 Å². The van der Waals surface area contributed by atoms with Gasteiger partial charge in [0.05, 0.1) is 6.07 Å². The lowest BCUT2D eigenvalue weighted by Gasteiger charge is -2.32.